The van der Waals surface area contributed by atoms with Crippen molar-refractivity contribution in [2.45, 2.75) is 57.1 Å². The van der Waals surface area contributed by atoms with Gasteiger partial charge in [0.1, 0.15) is 5.82 Å². The molecule has 0 radical (unpaired) electrons. The highest BCUT2D eigenvalue weighted by molar-refractivity contribution is 5.48. The summed E-state index contributed by atoms with van der Waals surface area (Å²) in [6.45, 7) is 9.03. The summed E-state index contributed by atoms with van der Waals surface area (Å²) < 4.78 is 1.86. The average Bonchev–Trinajstić information content (AvgIpc) is 2.87. The predicted octanol–water partition coefficient (Wildman–Crippen LogP) is 1.46. The number of nitrogens with zero attached hydrogens (tertiary/aromatic N) is 6. The Morgan fingerprint density at radius 3 is 2.56 bits per heavy atom. The van der Waals surface area contributed by atoms with Crippen LogP contribution in [0.15, 0.2) is 12.1 Å². The predicted molar refractivity (Wildman–Crippen MR) is 96.9 cm³/mol. The number of hydrogen-bond acceptors (Lipinski definition) is 6. The van der Waals surface area contributed by atoms with E-state index in [1.165, 1.54) is 0 Å². The SMILES string of the molecule is CN(CC1(O)CCC1)C1CN(c2ccc3nnc(C(C)(C)C)n3n2)C1. The molecule has 0 spiro atoms. The van der Waals surface area contributed by atoms with Gasteiger partial charge in [0, 0.05) is 31.1 Å². The molecular formula is C18H28N6O. The fourth-order valence-corrected chi connectivity index (χ4v) is 3.67. The lowest BCUT2D eigenvalue weighted by molar-refractivity contribution is -0.0629. The van der Waals surface area contributed by atoms with E-state index in [0.717, 1.165) is 56.2 Å². The van der Waals surface area contributed by atoms with Gasteiger partial charge in [-0.1, -0.05) is 20.8 Å². The van der Waals surface area contributed by atoms with Crippen molar-refractivity contribution in [3.63, 3.8) is 0 Å². The van der Waals surface area contributed by atoms with Crippen molar-refractivity contribution in [1.29, 1.82) is 0 Å². The topological polar surface area (TPSA) is 69.8 Å². The summed E-state index contributed by atoms with van der Waals surface area (Å²) in [7, 11) is 2.12. The van der Waals surface area contributed by atoms with Gasteiger partial charge in [-0.15, -0.1) is 15.3 Å². The molecule has 0 aromatic carbocycles. The summed E-state index contributed by atoms with van der Waals surface area (Å²) >= 11 is 0. The minimum atomic E-state index is -0.448. The molecule has 2 aliphatic rings. The minimum Gasteiger partial charge on any atom is -0.389 e. The Kier molecular flexibility index (Phi) is 3.77. The zero-order valence-corrected chi connectivity index (χ0v) is 15.6. The van der Waals surface area contributed by atoms with Crippen LogP contribution < -0.4 is 4.90 Å². The maximum Gasteiger partial charge on any atom is 0.178 e. The van der Waals surface area contributed by atoms with E-state index in [4.69, 9.17) is 5.10 Å². The van der Waals surface area contributed by atoms with Crippen LogP contribution in [0.25, 0.3) is 5.65 Å². The smallest absolute Gasteiger partial charge is 0.178 e. The van der Waals surface area contributed by atoms with Crippen molar-refractivity contribution in [3.8, 4) is 0 Å². The number of fused-ring (bicyclic) bond motifs is 1. The summed E-state index contributed by atoms with van der Waals surface area (Å²) in [5, 5.41) is 23.6. The summed E-state index contributed by atoms with van der Waals surface area (Å²) in [5.41, 5.74) is 0.243. The lowest BCUT2D eigenvalue weighted by Crippen LogP contribution is -2.62. The third-order valence-electron chi connectivity index (χ3n) is 5.56. The molecule has 1 N–H and O–H groups in total. The van der Waals surface area contributed by atoms with E-state index in [1.54, 1.807) is 0 Å². The van der Waals surface area contributed by atoms with E-state index in [9.17, 15) is 5.11 Å². The maximum atomic E-state index is 10.3. The van der Waals surface area contributed by atoms with Crippen LogP contribution in [-0.4, -0.2) is 68.1 Å². The molecule has 0 amide bonds. The Morgan fingerprint density at radius 1 is 1.24 bits per heavy atom. The highest BCUT2D eigenvalue weighted by atomic mass is 16.3. The number of aliphatic hydroxyl groups is 1. The molecule has 7 heteroatoms. The first-order valence-corrected chi connectivity index (χ1v) is 9.16. The van der Waals surface area contributed by atoms with Crippen LogP contribution in [0.4, 0.5) is 5.82 Å². The number of likely N-dealkylation sites (N-methyl/N-ethyl adjacent to an activating group) is 1. The van der Waals surface area contributed by atoms with E-state index in [0.29, 0.717) is 6.04 Å². The molecule has 0 atom stereocenters. The quantitative estimate of drug-likeness (QED) is 0.905. The van der Waals surface area contributed by atoms with E-state index >= 15 is 0 Å². The van der Waals surface area contributed by atoms with Gasteiger partial charge in [0.25, 0.3) is 0 Å². The molecule has 25 heavy (non-hydrogen) atoms. The number of rotatable bonds is 4. The molecule has 1 saturated carbocycles. The third kappa shape index (κ3) is 3.00. The maximum absolute atomic E-state index is 10.3. The molecule has 4 rings (SSSR count). The van der Waals surface area contributed by atoms with E-state index in [-0.39, 0.29) is 5.41 Å². The van der Waals surface area contributed by atoms with E-state index < -0.39 is 5.60 Å². The first-order chi connectivity index (χ1) is 11.8. The summed E-state index contributed by atoms with van der Waals surface area (Å²) in [6, 6.07) is 4.48. The van der Waals surface area contributed by atoms with Gasteiger partial charge in [0.2, 0.25) is 0 Å². The first kappa shape index (κ1) is 16.7. The van der Waals surface area contributed by atoms with Gasteiger partial charge < -0.3 is 10.0 Å². The Morgan fingerprint density at radius 2 is 1.96 bits per heavy atom. The summed E-state index contributed by atoms with van der Waals surface area (Å²) in [6.07, 6.45) is 3.03. The molecule has 2 aromatic rings. The zero-order valence-electron chi connectivity index (χ0n) is 15.6. The highest BCUT2D eigenvalue weighted by Crippen LogP contribution is 2.33. The molecule has 1 aliphatic carbocycles. The molecule has 0 unspecified atom stereocenters. The van der Waals surface area contributed by atoms with Crippen molar-refractivity contribution in [2.24, 2.45) is 0 Å². The van der Waals surface area contributed by atoms with Gasteiger partial charge >= 0.3 is 0 Å². The summed E-state index contributed by atoms with van der Waals surface area (Å²) in [4.78, 5) is 4.57. The molecule has 7 nitrogen and oxygen atoms in total. The molecule has 2 fully saturated rings. The van der Waals surface area contributed by atoms with Gasteiger partial charge in [0.15, 0.2) is 11.5 Å². The molecule has 136 valence electrons. The fourth-order valence-electron chi connectivity index (χ4n) is 3.67. The van der Waals surface area contributed by atoms with Crippen LogP contribution in [0, 0.1) is 0 Å². The second-order valence-corrected chi connectivity index (χ2v) is 8.79. The van der Waals surface area contributed by atoms with E-state index in [1.807, 2.05) is 16.6 Å². The normalized spacial score (nSPS) is 20.8. The molecule has 3 heterocycles. The Hall–Kier alpha value is -1.73. The van der Waals surface area contributed by atoms with Crippen LogP contribution in [-0.2, 0) is 5.41 Å². The largest absolute Gasteiger partial charge is 0.389 e. The summed E-state index contributed by atoms with van der Waals surface area (Å²) in [5.74, 6) is 1.84. The lowest BCUT2D eigenvalue weighted by atomic mass is 9.79. The second kappa shape index (κ2) is 5.64. The molecule has 2 aromatic heterocycles. The molecule has 1 saturated heterocycles. The second-order valence-electron chi connectivity index (χ2n) is 8.79. The van der Waals surface area contributed by atoms with Crippen molar-refractivity contribution in [3.05, 3.63) is 18.0 Å². The van der Waals surface area contributed by atoms with Crippen molar-refractivity contribution >= 4 is 11.5 Å². The Labute approximate surface area is 148 Å². The van der Waals surface area contributed by atoms with Crippen LogP contribution in [0.2, 0.25) is 0 Å². The number of hydrogen-bond donors (Lipinski definition) is 1. The third-order valence-corrected chi connectivity index (χ3v) is 5.56. The van der Waals surface area contributed by atoms with Gasteiger partial charge in [-0.3, -0.25) is 4.90 Å². The molecule has 1 aliphatic heterocycles. The fraction of sp³-hybridized carbons (Fsp3) is 0.722. The van der Waals surface area contributed by atoms with Crippen LogP contribution >= 0.6 is 0 Å². The van der Waals surface area contributed by atoms with E-state index in [2.05, 4.69) is 47.8 Å². The van der Waals surface area contributed by atoms with Gasteiger partial charge in [0.05, 0.1) is 5.60 Å². The van der Waals surface area contributed by atoms with Gasteiger partial charge in [-0.05, 0) is 38.4 Å². The van der Waals surface area contributed by atoms with Crippen molar-refractivity contribution in [2.75, 3.05) is 31.6 Å². The Balaban J connectivity index is 1.45. The number of anilines is 1. The average molecular weight is 344 g/mol. The standard InChI is InChI=1S/C18H28N6O/c1-17(2,3)16-20-19-14-6-7-15(21-24(14)16)23-10-13(11-23)22(4)12-18(25)8-5-9-18/h6-7,13,25H,5,8-12H2,1-4H3. The minimum absolute atomic E-state index is 0.0963. The first-order valence-electron chi connectivity index (χ1n) is 9.16. The Bertz CT molecular complexity index is 769. The highest BCUT2D eigenvalue weighted by Gasteiger charge is 2.39. The molecule has 0 bridgehead atoms. The number of aromatic nitrogens is 4. The zero-order chi connectivity index (χ0) is 17.8. The van der Waals surface area contributed by atoms with Crippen LogP contribution in [0.5, 0.6) is 0 Å². The molecular weight excluding hydrogens is 316 g/mol. The van der Waals surface area contributed by atoms with Crippen molar-refractivity contribution < 1.29 is 5.11 Å². The lowest BCUT2D eigenvalue weighted by Gasteiger charge is -2.48. The monoisotopic (exact) mass is 344 g/mol. The van der Waals surface area contributed by atoms with Gasteiger partial charge in [-0.2, -0.15) is 4.52 Å². The van der Waals surface area contributed by atoms with Crippen LogP contribution in [0.3, 0.4) is 0 Å². The van der Waals surface area contributed by atoms with Crippen LogP contribution in [0.1, 0.15) is 45.9 Å². The van der Waals surface area contributed by atoms with Crippen molar-refractivity contribution in [1.82, 2.24) is 24.7 Å². The van der Waals surface area contributed by atoms with Gasteiger partial charge in [-0.25, -0.2) is 0 Å².